The fraction of sp³-hybridized carbons (Fsp3) is 0.500. The standard InChI is InChI=1S/C14H21NO3/c1-11(8-15(2)3)10-18-14-12(9-16)6-5-7-13(14)17-4/h5-7,9,11H,8,10H2,1-4H3. The maximum absolute atomic E-state index is 11.0. The summed E-state index contributed by atoms with van der Waals surface area (Å²) in [5.74, 6) is 1.50. The number of hydrogen-bond donors (Lipinski definition) is 0. The van der Waals surface area contributed by atoms with E-state index in [2.05, 4.69) is 11.8 Å². The van der Waals surface area contributed by atoms with E-state index in [4.69, 9.17) is 9.47 Å². The van der Waals surface area contributed by atoms with Crippen LogP contribution in [0.5, 0.6) is 11.5 Å². The van der Waals surface area contributed by atoms with Crippen LogP contribution in [0.15, 0.2) is 18.2 Å². The molecule has 1 unspecified atom stereocenters. The van der Waals surface area contributed by atoms with Crippen LogP contribution in [-0.2, 0) is 0 Å². The monoisotopic (exact) mass is 251 g/mol. The number of hydrogen-bond acceptors (Lipinski definition) is 4. The molecule has 1 rings (SSSR count). The minimum absolute atomic E-state index is 0.379. The highest BCUT2D eigenvalue weighted by Gasteiger charge is 2.12. The van der Waals surface area contributed by atoms with Gasteiger partial charge in [0.2, 0.25) is 0 Å². The zero-order chi connectivity index (χ0) is 13.5. The molecular formula is C14H21NO3. The first-order chi connectivity index (χ1) is 8.58. The van der Waals surface area contributed by atoms with Crippen LogP contribution in [0.2, 0.25) is 0 Å². The maximum Gasteiger partial charge on any atom is 0.171 e. The SMILES string of the molecule is COc1cccc(C=O)c1OCC(C)CN(C)C. The summed E-state index contributed by atoms with van der Waals surface area (Å²) in [6.45, 7) is 3.60. The molecule has 0 saturated carbocycles. The van der Waals surface area contributed by atoms with E-state index < -0.39 is 0 Å². The smallest absolute Gasteiger partial charge is 0.171 e. The van der Waals surface area contributed by atoms with Gasteiger partial charge in [-0.2, -0.15) is 0 Å². The van der Waals surface area contributed by atoms with Crippen molar-refractivity contribution in [2.24, 2.45) is 5.92 Å². The average Bonchev–Trinajstić information content (AvgIpc) is 2.34. The number of ether oxygens (including phenoxy) is 2. The molecule has 0 aliphatic rings. The summed E-state index contributed by atoms with van der Waals surface area (Å²) in [7, 11) is 5.62. The molecule has 0 bridgehead atoms. The normalized spacial score (nSPS) is 12.3. The molecule has 1 atom stereocenters. The number of para-hydroxylation sites is 1. The lowest BCUT2D eigenvalue weighted by Crippen LogP contribution is -2.24. The summed E-state index contributed by atoms with van der Waals surface area (Å²) in [4.78, 5) is 13.1. The van der Waals surface area contributed by atoms with Crippen molar-refractivity contribution >= 4 is 6.29 Å². The molecule has 4 heteroatoms. The van der Waals surface area contributed by atoms with Gasteiger partial charge in [-0.05, 0) is 26.2 Å². The molecule has 0 aliphatic heterocycles. The topological polar surface area (TPSA) is 38.8 Å². The van der Waals surface area contributed by atoms with Gasteiger partial charge in [-0.3, -0.25) is 4.79 Å². The van der Waals surface area contributed by atoms with Crippen LogP contribution < -0.4 is 9.47 Å². The predicted molar refractivity (Wildman–Crippen MR) is 71.6 cm³/mol. The fourth-order valence-corrected chi connectivity index (χ4v) is 1.84. The molecular weight excluding hydrogens is 230 g/mol. The van der Waals surface area contributed by atoms with Crippen molar-refractivity contribution in [3.05, 3.63) is 23.8 Å². The molecule has 0 spiro atoms. The molecule has 0 heterocycles. The van der Waals surface area contributed by atoms with Crippen LogP contribution in [-0.4, -0.2) is 45.5 Å². The Bertz CT molecular complexity index is 391. The molecule has 0 N–H and O–H groups in total. The van der Waals surface area contributed by atoms with Gasteiger partial charge in [0.25, 0.3) is 0 Å². The van der Waals surface area contributed by atoms with E-state index in [1.807, 2.05) is 14.1 Å². The van der Waals surface area contributed by atoms with Crippen molar-refractivity contribution in [3.8, 4) is 11.5 Å². The second-order valence-electron chi connectivity index (χ2n) is 4.67. The fourth-order valence-electron chi connectivity index (χ4n) is 1.84. The van der Waals surface area contributed by atoms with Gasteiger partial charge < -0.3 is 14.4 Å². The summed E-state index contributed by atoms with van der Waals surface area (Å²) in [6.07, 6.45) is 0.786. The summed E-state index contributed by atoms with van der Waals surface area (Å²) < 4.78 is 10.9. The van der Waals surface area contributed by atoms with Crippen molar-refractivity contribution in [3.63, 3.8) is 0 Å². The van der Waals surface area contributed by atoms with E-state index in [0.29, 0.717) is 29.6 Å². The maximum atomic E-state index is 11.0. The van der Waals surface area contributed by atoms with Crippen LogP contribution in [0, 0.1) is 5.92 Å². The highest BCUT2D eigenvalue weighted by molar-refractivity contribution is 5.81. The molecule has 0 aromatic heterocycles. The van der Waals surface area contributed by atoms with Crippen molar-refractivity contribution < 1.29 is 14.3 Å². The Morgan fingerprint density at radius 2 is 2.11 bits per heavy atom. The predicted octanol–water partition coefficient (Wildman–Crippen LogP) is 2.08. The lowest BCUT2D eigenvalue weighted by molar-refractivity contribution is 0.111. The highest BCUT2D eigenvalue weighted by Crippen LogP contribution is 2.30. The minimum atomic E-state index is 0.379. The molecule has 0 fully saturated rings. The van der Waals surface area contributed by atoms with Crippen molar-refractivity contribution in [1.29, 1.82) is 0 Å². The third-order valence-electron chi connectivity index (χ3n) is 2.55. The van der Waals surface area contributed by atoms with Gasteiger partial charge in [0.05, 0.1) is 19.3 Å². The Morgan fingerprint density at radius 1 is 1.39 bits per heavy atom. The largest absolute Gasteiger partial charge is 0.493 e. The molecule has 0 aliphatic carbocycles. The van der Waals surface area contributed by atoms with Crippen LogP contribution in [0.25, 0.3) is 0 Å². The van der Waals surface area contributed by atoms with Crippen LogP contribution in [0.3, 0.4) is 0 Å². The molecule has 1 aromatic carbocycles. The summed E-state index contributed by atoms with van der Waals surface area (Å²) in [6, 6.07) is 5.29. The molecule has 18 heavy (non-hydrogen) atoms. The third-order valence-corrected chi connectivity index (χ3v) is 2.55. The second kappa shape index (κ2) is 7.01. The number of aldehydes is 1. The Labute approximate surface area is 108 Å². The first kappa shape index (κ1) is 14.5. The zero-order valence-corrected chi connectivity index (χ0v) is 11.5. The van der Waals surface area contributed by atoms with Crippen LogP contribution in [0.4, 0.5) is 0 Å². The van der Waals surface area contributed by atoms with Gasteiger partial charge in [0.15, 0.2) is 17.8 Å². The quantitative estimate of drug-likeness (QED) is 0.696. The molecule has 4 nitrogen and oxygen atoms in total. The number of nitrogens with zero attached hydrogens (tertiary/aromatic N) is 1. The van der Waals surface area contributed by atoms with E-state index in [-0.39, 0.29) is 0 Å². The number of benzene rings is 1. The molecule has 1 aromatic rings. The average molecular weight is 251 g/mol. The van der Waals surface area contributed by atoms with Gasteiger partial charge >= 0.3 is 0 Å². The Morgan fingerprint density at radius 3 is 2.67 bits per heavy atom. The Hall–Kier alpha value is -1.55. The molecule has 100 valence electrons. The first-order valence-electron chi connectivity index (χ1n) is 5.98. The second-order valence-corrected chi connectivity index (χ2v) is 4.67. The van der Waals surface area contributed by atoms with Gasteiger partial charge in [-0.1, -0.05) is 13.0 Å². The third kappa shape index (κ3) is 4.04. The Balaban J connectivity index is 2.73. The van der Waals surface area contributed by atoms with E-state index in [1.165, 1.54) is 0 Å². The van der Waals surface area contributed by atoms with Crippen molar-refractivity contribution in [1.82, 2.24) is 4.90 Å². The van der Waals surface area contributed by atoms with Crippen molar-refractivity contribution in [2.45, 2.75) is 6.92 Å². The van der Waals surface area contributed by atoms with E-state index >= 15 is 0 Å². The number of carbonyl (C=O) groups is 1. The van der Waals surface area contributed by atoms with Crippen LogP contribution >= 0.6 is 0 Å². The lowest BCUT2D eigenvalue weighted by atomic mass is 10.2. The number of methoxy groups -OCH3 is 1. The van der Waals surface area contributed by atoms with Gasteiger partial charge in [-0.15, -0.1) is 0 Å². The van der Waals surface area contributed by atoms with E-state index in [9.17, 15) is 4.79 Å². The molecule has 0 amide bonds. The van der Waals surface area contributed by atoms with Gasteiger partial charge in [-0.25, -0.2) is 0 Å². The molecule has 0 radical (unpaired) electrons. The zero-order valence-electron chi connectivity index (χ0n) is 11.5. The number of carbonyl (C=O) groups excluding carboxylic acids is 1. The highest BCUT2D eigenvalue weighted by atomic mass is 16.5. The molecule has 0 saturated heterocycles. The number of rotatable bonds is 7. The van der Waals surface area contributed by atoms with Gasteiger partial charge in [0.1, 0.15) is 0 Å². The van der Waals surface area contributed by atoms with E-state index in [1.54, 1.807) is 25.3 Å². The van der Waals surface area contributed by atoms with E-state index in [0.717, 1.165) is 12.8 Å². The summed E-state index contributed by atoms with van der Waals surface area (Å²) >= 11 is 0. The summed E-state index contributed by atoms with van der Waals surface area (Å²) in [5, 5.41) is 0. The van der Waals surface area contributed by atoms with Crippen molar-refractivity contribution in [2.75, 3.05) is 34.4 Å². The lowest BCUT2D eigenvalue weighted by Gasteiger charge is -2.19. The first-order valence-corrected chi connectivity index (χ1v) is 5.98. The summed E-state index contributed by atoms with van der Waals surface area (Å²) in [5.41, 5.74) is 0.520. The minimum Gasteiger partial charge on any atom is -0.493 e. The Kier molecular flexibility index (Phi) is 5.65. The van der Waals surface area contributed by atoms with Gasteiger partial charge in [0, 0.05) is 12.5 Å². The van der Waals surface area contributed by atoms with Crippen LogP contribution in [0.1, 0.15) is 17.3 Å².